The fourth-order valence-electron chi connectivity index (χ4n) is 1.10. The molecule has 100 valence electrons. The van der Waals surface area contributed by atoms with E-state index in [0.717, 1.165) is 19.5 Å². The van der Waals surface area contributed by atoms with Gasteiger partial charge in [0.15, 0.2) is 0 Å². The molecule has 8 heteroatoms. The fraction of sp³-hybridized carbons (Fsp3) is 0.300. The summed E-state index contributed by atoms with van der Waals surface area (Å²) in [6.45, 7) is -0.224. The van der Waals surface area contributed by atoms with Crippen LogP contribution in [0.15, 0.2) is 27.1 Å². The minimum atomic E-state index is -3.36. The first-order chi connectivity index (χ1) is 8.20. The second-order valence-corrected chi connectivity index (χ2v) is 7.55. The van der Waals surface area contributed by atoms with E-state index in [-0.39, 0.29) is 6.54 Å². The Bertz CT molecular complexity index is 560. The molecule has 1 aromatic rings. The molecule has 18 heavy (non-hydrogen) atoms. The van der Waals surface area contributed by atoms with Gasteiger partial charge in [0.1, 0.15) is 0 Å². The molecule has 0 aromatic heterocycles. The zero-order valence-corrected chi connectivity index (χ0v) is 13.8. The molecule has 0 aliphatic rings. The van der Waals surface area contributed by atoms with E-state index >= 15 is 0 Å². The predicted octanol–water partition coefficient (Wildman–Crippen LogP) is 2.04. The maximum atomic E-state index is 11.7. The van der Waals surface area contributed by atoms with E-state index in [1.54, 1.807) is 12.1 Å². The Hall–Kier alpha value is -0.440. The average Bonchev–Trinajstić information content (AvgIpc) is 2.22. The Kier molecular flexibility index (Phi) is 5.32. The Morgan fingerprint density at radius 2 is 2.00 bits per heavy atom. The van der Waals surface area contributed by atoms with Crippen molar-refractivity contribution in [1.82, 2.24) is 4.31 Å². The van der Waals surface area contributed by atoms with Crippen molar-refractivity contribution in [3.63, 3.8) is 0 Å². The van der Waals surface area contributed by atoms with Gasteiger partial charge in [-0.2, -0.15) is 4.31 Å². The molecular weight excluding hydrogens is 388 g/mol. The second-order valence-electron chi connectivity index (χ2n) is 3.69. The lowest BCUT2D eigenvalue weighted by atomic mass is 10.3. The number of rotatable bonds is 4. The molecule has 1 rings (SSSR count). The molecule has 0 aliphatic heterocycles. The highest BCUT2D eigenvalue weighted by Crippen LogP contribution is 2.26. The maximum Gasteiger partial charge on any atom is 0.239 e. The van der Waals surface area contributed by atoms with Gasteiger partial charge in [0.05, 0.1) is 18.5 Å². The summed E-state index contributed by atoms with van der Waals surface area (Å²) < 4.78 is 24.9. The third-order valence-electron chi connectivity index (χ3n) is 2.13. The van der Waals surface area contributed by atoms with Gasteiger partial charge in [0.2, 0.25) is 15.9 Å². The zero-order valence-electron chi connectivity index (χ0n) is 9.78. The quantitative estimate of drug-likeness (QED) is 0.842. The van der Waals surface area contributed by atoms with E-state index in [9.17, 15) is 13.2 Å². The van der Waals surface area contributed by atoms with Crippen LogP contribution in [0.1, 0.15) is 0 Å². The number of hydrogen-bond donors (Lipinski definition) is 1. The molecule has 0 heterocycles. The SMILES string of the molecule is CN(CC(=O)Nc1cc(Br)ccc1Br)S(C)(=O)=O. The number of likely N-dealkylation sites (N-methyl/N-ethyl adjacent to an activating group) is 1. The van der Waals surface area contributed by atoms with Crippen LogP contribution in [0.3, 0.4) is 0 Å². The molecule has 0 aliphatic carbocycles. The first kappa shape index (κ1) is 15.6. The number of carbonyl (C=O) groups excluding carboxylic acids is 1. The molecule has 0 saturated heterocycles. The molecule has 1 N–H and O–H groups in total. The number of hydrogen-bond acceptors (Lipinski definition) is 3. The van der Waals surface area contributed by atoms with Crippen molar-refractivity contribution in [3.8, 4) is 0 Å². The summed E-state index contributed by atoms with van der Waals surface area (Å²) in [4.78, 5) is 11.7. The van der Waals surface area contributed by atoms with Crippen LogP contribution in [-0.2, 0) is 14.8 Å². The van der Waals surface area contributed by atoms with Crippen molar-refractivity contribution >= 4 is 53.5 Å². The first-order valence-corrected chi connectivity index (χ1v) is 8.30. The number of sulfonamides is 1. The van der Waals surface area contributed by atoms with Crippen LogP contribution >= 0.6 is 31.9 Å². The van der Waals surface area contributed by atoms with E-state index < -0.39 is 15.9 Å². The Balaban J connectivity index is 2.74. The molecule has 0 bridgehead atoms. The highest BCUT2D eigenvalue weighted by Gasteiger charge is 2.15. The number of benzene rings is 1. The van der Waals surface area contributed by atoms with Gasteiger partial charge >= 0.3 is 0 Å². The number of halogens is 2. The molecule has 0 unspecified atom stereocenters. The van der Waals surface area contributed by atoms with E-state index in [0.29, 0.717) is 5.69 Å². The average molecular weight is 400 g/mol. The normalized spacial score (nSPS) is 11.6. The molecule has 0 fully saturated rings. The van der Waals surface area contributed by atoms with Crippen molar-refractivity contribution in [2.75, 3.05) is 25.2 Å². The number of anilines is 1. The number of carbonyl (C=O) groups is 1. The van der Waals surface area contributed by atoms with E-state index in [1.807, 2.05) is 6.07 Å². The number of nitrogens with one attached hydrogen (secondary N) is 1. The van der Waals surface area contributed by atoms with E-state index in [4.69, 9.17) is 0 Å². The maximum absolute atomic E-state index is 11.7. The Morgan fingerprint density at radius 3 is 2.56 bits per heavy atom. The third-order valence-corrected chi connectivity index (χ3v) is 4.58. The fourth-order valence-corrected chi connectivity index (χ4v) is 2.16. The van der Waals surface area contributed by atoms with Crippen molar-refractivity contribution in [3.05, 3.63) is 27.1 Å². The minimum absolute atomic E-state index is 0.224. The van der Waals surface area contributed by atoms with Gasteiger partial charge in [-0.15, -0.1) is 0 Å². The standard InChI is InChI=1S/C10H12Br2N2O3S/c1-14(18(2,16)17)6-10(15)13-9-5-7(11)3-4-8(9)12/h3-5H,6H2,1-2H3,(H,13,15). The van der Waals surface area contributed by atoms with Crippen molar-refractivity contribution in [1.29, 1.82) is 0 Å². The van der Waals surface area contributed by atoms with Crippen LogP contribution in [0.4, 0.5) is 5.69 Å². The molecule has 0 spiro atoms. The topological polar surface area (TPSA) is 66.5 Å². The summed E-state index contributed by atoms with van der Waals surface area (Å²) in [6, 6.07) is 5.32. The lowest BCUT2D eigenvalue weighted by Gasteiger charge is -2.14. The summed E-state index contributed by atoms with van der Waals surface area (Å²) in [5.41, 5.74) is 0.580. The summed E-state index contributed by atoms with van der Waals surface area (Å²) in [7, 11) is -2.00. The summed E-state index contributed by atoms with van der Waals surface area (Å²) in [6.07, 6.45) is 1.05. The molecule has 1 amide bonds. The van der Waals surface area contributed by atoms with Crippen molar-refractivity contribution < 1.29 is 13.2 Å². The summed E-state index contributed by atoms with van der Waals surface area (Å²) >= 11 is 6.59. The lowest BCUT2D eigenvalue weighted by Crippen LogP contribution is -2.34. The van der Waals surface area contributed by atoms with Crippen LogP contribution < -0.4 is 5.32 Å². The number of amides is 1. The highest BCUT2D eigenvalue weighted by molar-refractivity contribution is 9.11. The van der Waals surface area contributed by atoms with Gasteiger partial charge in [-0.3, -0.25) is 4.79 Å². The summed E-state index contributed by atoms with van der Waals surface area (Å²) in [5, 5.41) is 2.63. The second kappa shape index (κ2) is 6.14. The van der Waals surface area contributed by atoms with Gasteiger partial charge in [0, 0.05) is 16.0 Å². The minimum Gasteiger partial charge on any atom is -0.324 e. The predicted molar refractivity (Wildman–Crippen MR) is 77.9 cm³/mol. The molecule has 0 radical (unpaired) electrons. The van der Waals surface area contributed by atoms with Crippen LogP contribution in [0.25, 0.3) is 0 Å². The van der Waals surface area contributed by atoms with Crippen LogP contribution in [-0.4, -0.2) is 38.5 Å². The van der Waals surface area contributed by atoms with Crippen molar-refractivity contribution in [2.24, 2.45) is 0 Å². The van der Waals surface area contributed by atoms with Crippen LogP contribution in [0.5, 0.6) is 0 Å². The van der Waals surface area contributed by atoms with Crippen LogP contribution in [0, 0.1) is 0 Å². The number of nitrogens with zero attached hydrogens (tertiary/aromatic N) is 1. The summed E-state index contributed by atoms with van der Waals surface area (Å²) in [5.74, 6) is -0.401. The molecular formula is C10H12Br2N2O3S. The third kappa shape index (κ3) is 4.68. The van der Waals surface area contributed by atoms with Gasteiger partial charge in [-0.25, -0.2) is 8.42 Å². The van der Waals surface area contributed by atoms with Gasteiger partial charge in [0.25, 0.3) is 0 Å². The van der Waals surface area contributed by atoms with E-state index in [1.165, 1.54) is 7.05 Å². The zero-order chi connectivity index (χ0) is 13.9. The lowest BCUT2D eigenvalue weighted by molar-refractivity contribution is -0.116. The first-order valence-electron chi connectivity index (χ1n) is 4.86. The molecule has 0 atom stereocenters. The van der Waals surface area contributed by atoms with Gasteiger partial charge in [-0.05, 0) is 34.1 Å². The highest BCUT2D eigenvalue weighted by atomic mass is 79.9. The van der Waals surface area contributed by atoms with Crippen molar-refractivity contribution in [2.45, 2.75) is 0 Å². The van der Waals surface area contributed by atoms with Crippen LogP contribution in [0.2, 0.25) is 0 Å². The van der Waals surface area contributed by atoms with Gasteiger partial charge < -0.3 is 5.32 Å². The Labute approximate surface area is 123 Å². The van der Waals surface area contributed by atoms with E-state index in [2.05, 4.69) is 37.2 Å². The smallest absolute Gasteiger partial charge is 0.239 e. The monoisotopic (exact) mass is 398 g/mol. The van der Waals surface area contributed by atoms with Gasteiger partial charge in [-0.1, -0.05) is 15.9 Å². The largest absolute Gasteiger partial charge is 0.324 e. The molecule has 5 nitrogen and oxygen atoms in total. The molecule has 0 saturated carbocycles. The Morgan fingerprint density at radius 1 is 1.39 bits per heavy atom. The molecule has 1 aromatic carbocycles.